The molecular weight excluding hydrogens is 684 g/mol. The van der Waals surface area contributed by atoms with Crippen molar-refractivity contribution in [2.75, 3.05) is 159 Å². The topological polar surface area (TPSA) is 171 Å². The van der Waals surface area contributed by atoms with Crippen LogP contribution in [-0.2, 0) is 75.9 Å². The Morgan fingerprint density at radius 2 is 0.660 bits per heavy atom. The van der Waals surface area contributed by atoms with Crippen LogP contribution in [0.25, 0.3) is 0 Å². The van der Waals surface area contributed by atoms with E-state index >= 15 is 0 Å². The molecule has 0 radical (unpaired) electrons. The van der Waals surface area contributed by atoms with Crippen molar-refractivity contribution in [2.24, 2.45) is 0 Å². The van der Waals surface area contributed by atoms with Gasteiger partial charge in [0.15, 0.2) is 0 Å². The highest BCUT2D eigenvalue weighted by Crippen LogP contribution is 2.12. The van der Waals surface area contributed by atoms with Crippen molar-refractivity contribution >= 4 is 16.1 Å². The zero-order valence-corrected chi connectivity index (χ0v) is 30.5. The van der Waals surface area contributed by atoms with Gasteiger partial charge >= 0.3 is 5.97 Å². The van der Waals surface area contributed by atoms with Gasteiger partial charge in [0, 0.05) is 6.92 Å². The second kappa shape index (κ2) is 34.3. The summed E-state index contributed by atoms with van der Waals surface area (Å²) < 4.78 is 93.4. The molecular formula is C33H58O16S. The third kappa shape index (κ3) is 30.9. The molecule has 0 N–H and O–H groups in total. The quantitative estimate of drug-likeness (QED) is 0.0541. The lowest BCUT2D eigenvalue weighted by Gasteiger charge is -2.09. The average Bonchev–Trinajstić information content (AvgIpc) is 3.09. The number of rotatable bonds is 38. The Hall–Kier alpha value is -1.84. The minimum Gasteiger partial charge on any atom is -0.463 e. The van der Waals surface area contributed by atoms with Gasteiger partial charge in [-0.05, 0) is 19.1 Å². The summed E-state index contributed by atoms with van der Waals surface area (Å²) in [5, 5.41) is 0. The second-order valence-corrected chi connectivity index (χ2v) is 11.8. The molecule has 0 aliphatic heterocycles. The Labute approximate surface area is 297 Å². The maximum Gasteiger partial charge on any atom is 0.302 e. The number of aryl methyl sites for hydroxylation is 1. The molecule has 292 valence electrons. The molecule has 1 aromatic carbocycles. The Bertz CT molecular complexity index is 996. The molecule has 16 nitrogen and oxygen atoms in total. The van der Waals surface area contributed by atoms with Gasteiger partial charge in [-0.2, -0.15) is 8.42 Å². The molecule has 0 spiro atoms. The Balaban J connectivity index is 1.67. The molecule has 0 unspecified atom stereocenters. The van der Waals surface area contributed by atoms with E-state index in [9.17, 15) is 13.2 Å². The summed E-state index contributed by atoms with van der Waals surface area (Å²) in [7, 11) is -3.78. The average molecular weight is 743 g/mol. The van der Waals surface area contributed by atoms with Crippen LogP contribution in [0.3, 0.4) is 0 Å². The molecule has 50 heavy (non-hydrogen) atoms. The van der Waals surface area contributed by atoms with Gasteiger partial charge in [-0.25, -0.2) is 0 Å². The molecule has 0 fully saturated rings. The van der Waals surface area contributed by atoms with E-state index in [2.05, 4.69) is 0 Å². The zero-order valence-electron chi connectivity index (χ0n) is 29.7. The van der Waals surface area contributed by atoms with Crippen molar-refractivity contribution < 1.29 is 74.2 Å². The molecule has 1 aromatic rings. The fourth-order valence-electron chi connectivity index (χ4n) is 3.52. The first-order valence-electron chi connectivity index (χ1n) is 16.9. The van der Waals surface area contributed by atoms with Crippen LogP contribution < -0.4 is 0 Å². The molecule has 0 heterocycles. The van der Waals surface area contributed by atoms with Gasteiger partial charge in [-0.1, -0.05) is 17.7 Å². The molecule has 0 aromatic heterocycles. The van der Waals surface area contributed by atoms with Crippen molar-refractivity contribution in [3.63, 3.8) is 0 Å². The van der Waals surface area contributed by atoms with Crippen LogP contribution in [0.4, 0.5) is 0 Å². The van der Waals surface area contributed by atoms with Gasteiger partial charge in [0.1, 0.15) is 6.61 Å². The summed E-state index contributed by atoms with van der Waals surface area (Å²) in [6.07, 6.45) is 0. The van der Waals surface area contributed by atoms with Gasteiger partial charge < -0.3 is 56.8 Å². The number of ether oxygens (including phenoxy) is 12. The van der Waals surface area contributed by atoms with Crippen molar-refractivity contribution in [3.05, 3.63) is 29.8 Å². The maximum atomic E-state index is 12.1. The van der Waals surface area contributed by atoms with Crippen molar-refractivity contribution in [2.45, 2.75) is 18.7 Å². The van der Waals surface area contributed by atoms with E-state index in [0.717, 1.165) is 5.56 Å². The lowest BCUT2D eigenvalue weighted by molar-refractivity contribution is -0.142. The van der Waals surface area contributed by atoms with Crippen molar-refractivity contribution in [3.8, 4) is 0 Å². The fourth-order valence-corrected chi connectivity index (χ4v) is 4.41. The van der Waals surface area contributed by atoms with Crippen LogP contribution in [0, 0.1) is 6.92 Å². The number of hydrogen-bond acceptors (Lipinski definition) is 16. The SMILES string of the molecule is CC(=O)OCCOCCOCCOCCOCCOCCOCCOCCOCCOCCOCCOCCOS(=O)(=O)c1ccc(C)cc1. The Morgan fingerprint density at radius 3 is 0.920 bits per heavy atom. The number of carbonyl (C=O) groups excluding carboxylic acids is 1. The van der Waals surface area contributed by atoms with Crippen molar-refractivity contribution in [1.29, 1.82) is 0 Å². The minimum atomic E-state index is -3.78. The standard InChI is InChI=1S/C33H58O16S/c1-31-3-5-33(6-4-31)50(35,36)49-30-28-47-26-24-45-22-20-43-18-16-41-14-12-39-10-8-37-7-9-38-11-13-40-15-17-42-19-21-44-23-25-46-27-29-48-32(2)34/h3-6H,7-30H2,1-2H3. The van der Waals surface area contributed by atoms with Crippen LogP contribution >= 0.6 is 0 Å². The lowest BCUT2D eigenvalue weighted by atomic mass is 10.2. The maximum absolute atomic E-state index is 12.1. The zero-order chi connectivity index (χ0) is 36.2. The number of benzene rings is 1. The third-order valence-corrected chi connectivity index (χ3v) is 7.36. The van der Waals surface area contributed by atoms with Crippen LogP contribution in [0.5, 0.6) is 0 Å². The summed E-state index contributed by atoms with van der Waals surface area (Å²) in [6, 6.07) is 6.47. The van der Waals surface area contributed by atoms with E-state index < -0.39 is 10.1 Å². The molecule has 17 heteroatoms. The van der Waals surface area contributed by atoms with E-state index in [1.54, 1.807) is 12.1 Å². The molecule has 0 amide bonds. The van der Waals surface area contributed by atoms with Gasteiger partial charge in [0.25, 0.3) is 10.1 Å². The molecule has 0 aliphatic rings. The first kappa shape index (κ1) is 46.2. The Morgan fingerprint density at radius 1 is 0.420 bits per heavy atom. The molecule has 0 saturated heterocycles. The summed E-state index contributed by atoms with van der Waals surface area (Å²) in [6.45, 7) is 12.9. The molecule has 0 bridgehead atoms. The first-order valence-corrected chi connectivity index (χ1v) is 18.3. The highest BCUT2D eigenvalue weighted by atomic mass is 32.2. The molecule has 0 aliphatic carbocycles. The van der Waals surface area contributed by atoms with E-state index in [4.69, 9.17) is 61.0 Å². The highest BCUT2D eigenvalue weighted by molar-refractivity contribution is 7.86. The second-order valence-electron chi connectivity index (χ2n) is 10.2. The van der Waals surface area contributed by atoms with Gasteiger partial charge in [0.05, 0.1) is 157 Å². The van der Waals surface area contributed by atoms with E-state index in [1.165, 1.54) is 19.1 Å². The normalized spacial score (nSPS) is 11.7. The lowest BCUT2D eigenvalue weighted by Crippen LogP contribution is -2.16. The Kier molecular flexibility index (Phi) is 31.6. The van der Waals surface area contributed by atoms with Crippen LogP contribution in [0.15, 0.2) is 29.2 Å². The predicted molar refractivity (Wildman–Crippen MR) is 180 cm³/mol. The first-order chi connectivity index (χ1) is 24.4. The molecule has 1 rings (SSSR count). The van der Waals surface area contributed by atoms with Crippen molar-refractivity contribution in [1.82, 2.24) is 0 Å². The van der Waals surface area contributed by atoms with Gasteiger partial charge in [-0.15, -0.1) is 0 Å². The van der Waals surface area contributed by atoms with E-state index in [-0.39, 0.29) is 30.7 Å². The fraction of sp³-hybridized carbons (Fsp3) is 0.788. The summed E-state index contributed by atoms with van der Waals surface area (Å²) in [5.74, 6) is -0.318. The summed E-state index contributed by atoms with van der Waals surface area (Å²) >= 11 is 0. The van der Waals surface area contributed by atoms with E-state index in [1.807, 2.05) is 6.92 Å². The third-order valence-electron chi connectivity index (χ3n) is 6.03. The monoisotopic (exact) mass is 742 g/mol. The predicted octanol–water partition coefficient (Wildman–Crippen LogP) is 1.45. The largest absolute Gasteiger partial charge is 0.463 e. The van der Waals surface area contributed by atoms with Gasteiger partial charge in [-0.3, -0.25) is 8.98 Å². The number of hydrogen-bond donors (Lipinski definition) is 0. The van der Waals surface area contributed by atoms with Crippen LogP contribution in [-0.4, -0.2) is 173 Å². The summed E-state index contributed by atoms with van der Waals surface area (Å²) in [5.41, 5.74) is 0.972. The smallest absolute Gasteiger partial charge is 0.302 e. The minimum absolute atomic E-state index is 0.0641. The number of esters is 1. The van der Waals surface area contributed by atoms with Gasteiger partial charge in [0.2, 0.25) is 0 Å². The molecule has 0 atom stereocenters. The van der Waals surface area contributed by atoms with Crippen LogP contribution in [0.2, 0.25) is 0 Å². The molecule has 0 saturated carbocycles. The summed E-state index contributed by atoms with van der Waals surface area (Å²) in [4.78, 5) is 10.7. The number of carbonyl (C=O) groups is 1. The van der Waals surface area contributed by atoms with E-state index in [0.29, 0.717) is 139 Å². The van der Waals surface area contributed by atoms with Crippen LogP contribution in [0.1, 0.15) is 12.5 Å². The highest BCUT2D eigenvalue weighted by Gasteiger charge is 2.14.